The van der Waals surface area contributed by atoms with E-state index in [9.17, 15) is 19.5 Å². The number of methoxy groups -OCH3 is 1. The quantitative estimate of drug-likeness (QED) is 0.495. The van der Waals surface area contributed by atoms with Crippen LogP contribution in [0.3, 0.4) is 0 Å². The Balaban J connectivity index is 1.46. The van der Waals surface area contributed by atoms with Crippen LogP contribution in [0.5, 0.6) is 0 Å². The van der Waals surface area contributed by atoms with Crippen molar-refractivity contribution in [3.63, 3.8) is 0 Å². The average molecular weight is 467 g/mol. The standard InChI is InChI=1S/C26H30N2O6/c1-3-26(15-33-2,24(31)27-22(23(29)30)16-12-13-16)28-25(32)34-14-21-19-10-6-4-8-17(19)18-9-5-7-11-20(18)21/h4-11,16,21-22H,3,12-15H2,1-2H3,(H,27,31)(H,28,32)(H,29,30). The summed E-state index contributed by atoms with van der Waals surface area (Å²) in [6.45, 7) is 1.72. The van der Waals surface area contributed by atoms with Crippen LogP contribution >= 0.6 is 0 Å². The van der Waals surface area contributed by atoms with Gasteiger partial charge >= 0.3 is 12.1 Å². The minimum absolute atomic E-state index is 0.0898. The average Bonchev–Trinajstić information content (AvgIpc) is 3.62. The third-order valence-electron chi connectivity index (χ3n) is 6.76. The van der Waals surface area contributed by atoms with Crippen LogP contribution in [0.25, 0.3) is 11.1 Å². The summed E-state index contributed by atoms with van der Waals surface area (Å²) in [7, 11) is 1.42. The second-order valence-corrected chi connectivity index (χ2v) is 8.95. The number of benzene rings is 2. The van der Waals surface area contributed by atoms with Gasteiger partial charge in [0.15, 0.2) is 0 Å². The molecule has 0 aromatic heterocycles. The highest BCUT2D eigenvalue weighted by molar-refractivity contribution is 5.93. The van der Waals surface area contributed by atoms with E-state index in [1.165, 1.54) is 7.11 Å². The first kappa shape index (κ1) is 23.8. The number of carbonyl (C=O) groups is 3. The molecule has 34 heavy (non-hydrogen) atoms. The van der Waals surface area contributed by atoms with E-state index >= 15 is 0 Å². The first-order valence-corrected chi connectivity index (χ1v) is 11.6. The largest absolute Gasteiger partial charge is 0.480 e. The van der Waals surface area contributed by atoms with Crippen molar-refractivity contribution in [3.05, 3.63) is 59.7 Å². The zero-order chi connectivity index (χ0) is 24.3. The van der Waals surface area contributed by atoms with E-state index in [0.29, 0.717) is 0 Å². The van der Waals surface area contributed by atoms with Gasteiger partial charge in [0.2, 0.25) is 5.91 Å². The number of carbonyl (C=O) groups excluding carboxylic acids is 2. The molecule has 2 aromatic rings. The topological polar surface area (TPSA) is 114 Å². The highest BCUT2D eigenvalue weighted by atomic mass is 16.5. The Bertz CT molecular complexity index is 1040. The van der Waals surface area contributed by atoms with Crippen LogP contribution in [0, 0.1) is 5.92 Å². The number of fused-ring (bicyclic) bond motifs is 3. The van der Waals surface area contributed by atoms with E-state index in [1.54, 1.807) is 6.92 Å². The maximum Gasteiger partial charge on any atom is 0.408 e. The molecule has 1 saturated carbocycles. The maximum absolute atomic E-state index is 13.1. The van der Waals surface area contributed by atoms with E-state index in [2.05, 4.69) is 22.8 Å². The number of hydrogen-bond acceptors (Lipinski definition) is 5. The van der Waals surface area contributed by atoms with Crippen LogP contribution in [0.15, 0.2) is 48.5 Å². The van der Waals surface area contributed by atoms with Gasteiger partial charge in [0.05, 0.1) is 6.61 Å². The molecule has 2 aromatic carbocycles. The zero-order valence-electron chi connectivity index (χ0n) is 19.4. The number of carboxylic acid groups (broad SMARTS) is 1. The Morgan fingerprint density at radius 1 is 1.06 bits per heavy atom. The first-order valence-electron chi connectivity index (χ1n) is 11.6. The molecule has 2 atom stereocenters. The van der Waals surface area contributed by atoms with Crippen LogP contribution < -0.4 is 10.6 Å². The molecule has 8 nitrogen and oxygen atoms in total. The number of hydrogen-bond donors (Lipinski definition) is 3. The first-order chi connectivity index (χ1) is 16.4. The van der Waals surface area contributed by atoms with Crippen molar-refractivity contribution in [2.24, 2.45) is 5.92 Å². The summed E-state index contributed by atoms with van der Waals surface area (Å²) in [5.74, 6) is -1.88. The second kappa shape index (κ2) is 9.85. The summed E-state index contributed by atoms with van der Waals surface area (Å²) in [5, 5.41) is 14.8. The molecule has 0 spiro atoms. The number of amides is 2. The van der Waals surface area contributed by atoms with Gasteiger partial charge in [0, 0.05) is 13.0 Å². The lowest BCUT2D eigenvalue weighted by Gasteiger charge is -2.32. The van der Waals surface area contributed by atoms with E-state index in [1.807, 2.05) is 36.4 Å². The van der Waals surface area contributed by atoms with Crippen LogP contribution in [0.1, 0.15) is 43.2 Å². The van der Waals surface area contributed by atoms with Crippen LogP contribution in [-0.2, 0) is 19.1 Å². The van der Waals surface area contributed by atoms with Gasteiger partial charge in [-0.1, -0.05) is 55.5 Å². The lowest BCUT2D eigenvalue weighted by molar-refractivity contribution is -0.144. The van der Waals surface area contributed by atoms with Gasteiger partial charge in [0.25, 0.3) is 0 Å². The Kier molecular flexibility index (Phi) is 6.88. The molecular weight excluding hydrogens is 436 g/mol. The van der Waals surface area contributed by atoms with Crippen molar-refractivity contribution in [1.29, 1.82) is 0 Å². The normalized spacial score (nSPS) is 17.1. The Morgan fingerprint density at radius 2 is 1.65 bits per heavy atom. The maximum atomic E-state index is 13.1. The van der Waals surface area contributed by atoms with Crippen molar-refractivity contribution < 1.29 is 29.0 Å². The fourth-order valence-electron chi connectivity index (χ4n) is 4.68. The number of carboxylic acids is 1. The number of aliphatic carboxylic acids is 1. The van der Waals surface area contributed by atoms with Crippen molar-refractivity contribution in [1.82, 2.24) is 10.6 Å². The van der Waals surface area contributed by atoms with Gasteiger partial charge in [0.1, 0.15) is 18.2 Å². The SMILES string of the molecule is CCC(COC)(NC(=O)OCC1c2ccccc2-c2ccccc21)C(=O)NC(C(=O)O)C1CC1. The molecule has 2 aliphatic rings. The number of rotatable bonds is 10. The minimum atomic E-state index is -1.44. The molecule has 180 valence electrons. The highest BCUT2D eigenvalue weighted by Crippen LogP contribution is 2.44. The molecule has 3 N–H and O–H groups in total. The summed E-state index contributed by atoms with van der Waals surface area (Å²) < 4.78 is 10.8. The Labute approximate surface area is 198 Å². The van der Waals surface area contributed by atoms with Gasteiger partial charge in [-0.25, -0.2) is 9.59 Å². The molecule has 0 saturated heterocycles. The lowest BCUT2D eigenvalue weighted by Crippen LogP contribution is -2.63. The van der Waals surface area contributed by atoms with Gasteiger partial charge in [-0.05, 0) is 47.4 Å². The molecule has 8 heteroatoms. The smallest absolute Gasteiger partial charge is 0.408 e. The molecule has 4 rings (SSSR count). The van der Waals surface area contributed by atoms with Crippen molar-refractivity contribution in [2.45, 2.75) is 43.7 Å². The van der Waals surface area contributed by atoms with Crippen LogP contribution in [0.4, 0.5) is 4.79 Å². The van der Waals surface area contributed by atoms with E-state index in [4.69, 9.17) is 9.47 Å². The van der Waals surface area contributed by atoms with Gasteiger partial charge in [-0.3, -0.25) is 4.79 Å². The minimum Gasteiger partial charge on any atom is -0.480 e. The summed E-state index contributed by atoms with van der Waals surface area (Å²) in [5.41, 5.74) is 2.96. The van der Waals surface area contributed by atoms with Gasteiger partial charge in [-0.15, -0.1) is 0 Å². The van der Waals surface area contributed by atoms with E-state index < -0.39 is 29.6 Å². The Morgan fingerprint density at radius 3 is 2.15 bits per heavy atom. The second-order valence-electron chi connectivity index (χ2n) is 8.95. The van der Waals surface area contributed by atoms with E-state index in [0.717, 1.165) is 35.1 Å². The molecule has 1 fully saturated rings. The molecule has 2 unspecified atom stereocenters. The predicted molar refractivity (Wildman–Crippen MR) is 125 cm³/mol. The van der Waals surface area contributed by atoms with Crippen LogP contribution in [-0.4, -0.2) is 55.0 Å². The zero-order valence-corrected chi connectivity index (χ0v) is 19.4. The third-order valence-corrected chi connectivity index (χ3v) is 6.76. The predicted octanol–water partition coefficient (Wildman–Crippen LogP) is 3.30. The van der Waals surface area contributed by atoms with Crippen molar-refractivity contribution >= 4 is 18.0 Å². The number of ether oxygens (including phenoxy) is 2. The Hall–Kier alpha value is -3.39. The molecule has 0 aliphatic heterocycles. The monoisotopic (exact) mass is 466 g/mol. The lowest BCUT2D eigenvalue weighted by atomic mass is 9.95. The number of alkyl carbamates (subject to hydrolysis) is 1. The third kappa shape index (κ3) is 4.63. The summed E-state index contributed by atoms with van der Waals surface area (Å²) in [6.07, 6.45) is 0.948. The molecule has 0 radical (unpaired) electrons. The van der Waals surface area contributed by atoms with Gasteiger partial charge < -0.3 is 25.2 Å². The summed E-state index contributed by atoms with van der Waals surface area (Å²) >= 11 is 0. The summed E-state index contributed by atoms with van der Waals surface area (Å²) in [6, 6.07) is 15.1. The van der Waals surface area contributed by atoms with Crippen molar-refractivity contribution in [2.75, 3.05) is 20.3 Å². The fourth-order valence-corrected chi connectivity index (χ4v) is 4.68. The number of nitrogens with one attached hydrogen (secondary N) is 2. The molecule has 2 aliphatic carbocycles. The highest BCUT2D eigenvalue weighted by Gasteiger charge is 2.44. The fraction of sp³-hybridized carbons (Fsp3) is 0.423. The molecule has 0 bridgehead atoms. The molecule has 2 amide bonds. The van der Waals surface area contributed by atoms with Crippen LogP contribution in [0.2, 0.25) is 0 Å². The van der Waals surface area contributed by atoms with Gasteiger partial charge in [-0.2, -0.15) is 0 Å². The van der Waals surface area contributed by atoms with E-state index in [-0.39, 0.29) is 31.5 Å². The molecular formula is C26H30N2O6. The molecule has 0 heterocycles. The summed E-state index contributed by atoms with van der Waals surface area (Å²) in [4.78, 5) is 37.6. The van der Waals surface area contributed by atoms with Crippen molar-refractivity contribution in [3.8, 4) is 11.1 Å².